The molecule has 344 valence electrons. The molecule has 2 unspecified atom stereocenters. The molecule has 0 fully saturated rings. The molecule has 0 saturated heterocycles. The van der Waals surface area contributed by atoms with Crippen LogP contribution in [0.25, 0.3) is 0 Å². The first-order valence-corrected chi connectivity index (χ1v) is 24.5. The molecule has 0 amide bonds. The Bertz CT molecular complexity index is 1060. The molecular formula is C51H94NO7+. The summed E-state index contributed by atoms with van der Waals surface area (Å²) in [6.07, 6.45) is 49.1. The summed E-state index contributed by atoms with van der Waals surface area (Å²) in [5, 5.41) is 9.64. The molecule has 0 aliphatic heterocycles. The normalized spacial score (nSPS) is 13.2. The lowest BCUT2D eigenvalue weighted by Gasteiger charge is -2.31. The summed E-state index contributed by atoms with van der Waals surface area (Å²) < 4.78 is 17.3. The number of aliphatic carboxylic acids is 1. The number of hydrogen-bond donors (Lipinski definition) is 1. The van der Waals surface area contributed by atoms with E-state index in [2.05, 4.69) is 50.3 Å². The predicted molar refractivity (Wildman–Crippen MR) is 248 cm³/mol. The molecule has 0 aromatic carbocycles. The first-order valence-electron chi connectivity index (χ1n) is 24.5. The first-order chi connectivity index (χ1) is 28.6. The molecule has 0 aliphatic carbocycles. The fourth-order valence-corrected chi connectivity index (χ4v) is 7.24. The standard InChI is InChI=1S/C51H93NO7/c1-6-8-10-12-14-16-18-20-22-23-24-25-26-27-28-30-32-34-36-38-40-42-50(54)59-47(45-57-44-43-48(51(55)56)52(3,4)5)46-58-49(53)41-39-37-35-33-31-29-21-19-17-15-13-11-9-7-2/h9,11,15,17,25-26,47-48H,6-8,10,12-14,16,18-24,27-46H2,1-5H3/p+1/b11-9+,17-15+,26-25+. The number of hydrogen-bond acceptors (Lipinski definition) is 6. The highest BCUT2D eigenvalue weighted by Crippen LogP contribution is 2.15. The molecule has 0 aromatic rings. The Morgan fingerprint density at radius 3 is 1.41 bits per heavy atom. The van der Waals surface area contributed by atoms with Crippen LogP contribution in [0.4, 0.5) is 0 Å². The number of carbonyl (C=O) groups excluding carboxylic acids is 2. The van der Waals surface area contributed by atoms with Crippen molar-refractivity contribution in [2.45, 2.75) is 231 Å². The zero-order chi connectivity index (χ0) is 43.5. The van der Waals surface area contributed by atoms with Gasteiger partial charge in [-0.2, -0.15) is 0 Å². The Balaban J connectivity index is 4.25. The van der Waals surface area contributed by atoms with Gasteiger partial charge in [-0.1, -0.05) is 172 Å². The fourth-order valence-electron chi connectivity index (χ4n) is 7.24. The van der Waals surface area contributed by atoms with Crippen molar-refractivity contribution in [3.63, 3.8) is 0 Å². The topological polar surface area (TPSA) is 99.1 Å². The molecule has 0 aliphatic rings. The SMILES string of the molecule is CC/C=C/C/C=C/CCCCCCCCCC(=O)OCC(COCCC(C(=O)O)[N+](C)(C)C)OC(=O)CCCCCCCCC/C=C/CCCCCCCCCCCC. The van der Waals surface area contributed by atoms with E-state index >= 15 is 0 Å². The van der Waals surface area contributed by atoms with Gasteiger partial charge < -0.3 is 23.8 Å². The predicted octanol–water partition coefficient (Wildman–Crippen LogP) is 13.8. The van der Waals surface area contributed by atoms with Gasteiger partial charge in [0.2, 0.25) is 0 Å². The van der Waals surface area contributed by atoms with Gasteiger partial charge in [0.25, 0.3) is 0 Å². The van der Waals surface area contributed by atoms with E-state index in [4.69, 9.17) is 14.2 Å². The number of nitrogens with zero attached hydrogens (tertiary/aromatic N) is 1. The van der Waals surface area contributed by atoms with Gasteiger partial charge in [-0.3, -0.25) is 9.59 Å². The van der Waals surface area contributed by atoms with E-state index < -0.39 is 18.1 Å². The number of likely N-dealkylation sites (N-methyl/N-ethyl adjacent to an activating group) is 1. The molecule has 0 heterocycles. The lowest BCUT2D eigenvalue weighted by molar-refractivity contribution is -0.887. The van der Waals surface area contributed by atoms with E-state index in [1.807, 2.05) is 21.1 Å². The van der Waals surface area contributed by atoms with E-state index in [0.717, 1.165) is 57.8 Å². The Hall–Kier alpha value is -2.45. The van der Waals surface area contributed by atoms with E-state index in [0.29, 0.717) is 19.3 Å². The minimum absolute atomic E-state index is 0.0555. The molecule has 0 rings (SSSR count). The number of carboxylic acids is 1. The van der Waals surface area contributed by atoms with Gasteiger partial charge in [0.05, 0.1) is 34.4 Å². The molecule has 1 N–H and O–H groups in total. The average molecular weight is 833 g/mol. The van der Waals surface area contributed by atoms with Crippen LogP contribution in [0.1, 0.15) is 219 Å². The highest BCUT2D eigenvalue weighted by atomic mass is 16.6. The van der Waals surface area contributed by atoms with Crippen LogP contribution in [0.3, 0.4) is 0 Å². The molecule has 8 nitrogen and oxygen atoms in total. The number of carbonyl (C=O) groups is 3. The zero-order valence-corrected chi connectivity index (χ0v) is 39.2. The summed E-state index contributed by atoms with van der Waals surface area (Å²) in [4.78, 5) is 37.1. The molecule has 0 spiro atoms. The lowest BCUT2D eigenvalue weighted by atomic mass is 10.1. The highest BCUT2D eigenvalue weighted by Gasteiger charge is 2.31. The van der Waals surface area contributed by atoms with Crippen LogP contribution in [0, 0.1) is 0 Å². The van der Waals surface area contributed by atoms with E-state index in [1.165, 1.54) is 128 Å². The highest BCUT2D eigenvalue weighted by molar-refractivity contribution is 5.72. The molecular weight excluding hydrogens is 739 g/mol. The van der Waals surface area contributed by atoms with Gasteiger partial charge in [-0.15, -0.1) is 0 Å². The number of carboxylic acid groups (broad SMARTS) is 1. The molecule has 0 bridgehead atoms. The number of unbranched alkanes of at least 4 members (excludes halogenated alkanes) is 24. The van der Waals surface area contributed by atoms with Crippen LogP contribution in [0.2, 0.25) is 0 Å². The fraction of sp³-hybridized carbons (Fsp3) is 0.824. The van der Waals surface area contributed by atoms with Gasteiger partial charge in [0, 0.05) is 19.3 Å². The summed E-state index contributed by atoms with van der Waals surface area (Å²) in [6, 6.07) is -0.616. The number of allylic oxidation sites excluding steroid dienone is 6. The second-order valence-corrected chi connectivity index (χ2v) is 17.7. The smallest absolute Gasteiger partial charge is 0.362 e. The minimum Gasteiger partial charge on any atom is -0.477 e. The van der Waals surface area contributed by atoms with Crippen LogP contribution in [-0.4, -0.2) is 80.6 Å². The van der Waals surface area contributed by atoms with Crippen molar-refractivity contribution >= 4 is 17.9 Å². The number of rotatable bonds is 44. The second-order valence-electron chi connectivity index (χ2n) is 17.7. The first kappa shape index (κ1) is 56.5. The van der Waals surface area contributed by atoms with Crippen LogP contribution < -0.4 is 0 Å². The van der Waals surface area contributed by atoms with Crippen LogP contribution in [0.15, 0.2) is 36.5 Å². The summed E-state index contributed by atoms with van der Waals surface area (Å²) >= 11 is 0. The van der Waals surface area contributed by atoms with E-state index in [1.54, 1.807) is 0 Å². The molecule has 2 atom stereocenters. The van der Waals surface area contributed by atoms with Gasteiger partial charge >= 0.3 is 17.9 Å². The van der Waals surface area contributed by atoms with Gasteiger partial charge in [0.15, 0.2) is 12.1 Å². The maximum atomic E-state index is 12.8. The molecule has 0 radical (unpaired) electrons. The maximum Gasteiger partial charge on any atom is 0.362 e. The second kappa shape index (κ2) is 42.2. The summed E-state index contributed by atoms with van der Waals surface area (Å²) in [5.74, 6) is -1.48. The van der Waals surface area contributed by atoms with Crippen molar-refractivity contribution in [1.29, 1.82) is 0 Å². The largest absolute Gasteiger partial charge is 0.477 e. The number of quaternary nitrogens is 1. The third kappa shape index (κ3) is 40.7. The third-order valence-corrected chi connectivity index (χ3v) is 11.0. The quantitative estimate of drug-likeness (QED) is 0.0282. The summed E-state index contributed by atoms with van der Waals surface area (Å²) in [6.45, 7) is 4.64. The Kier molecular flexibility index (Phi) is 40.5. The Morgan fingerprint density at radius 1 is 0.525 bits per heavy atom. The van der Waals surface area contributed by atoms with Crippen molar-refractivity contribution in [3.05, 3.63) is 36.5 Å². The summed E-state index contributed by atoms with van der Waals surface area (Å²) in [7, 11) is 5.53. The molecule has 0 saturated carbocycles. The number of esters is 2. The third-order valence-electron chi connectivity index (χ3n) is 11.0. The molecule has 0 aromatic heterocycles. The van der Waals surface area contributed by atoms with Gasteiger partial charge in [0.1, 0.15) is 6.61 Å². The maximum absolute atomic E-state index is 12.8. The van der Waals surface area contributed by atoms with Gasteiger partial charge in [-0.05, 0) is 64.2 Å². The minimum atomic E-state index is -0.876. The van der Waals surface area contributed by atoms with Crippen molar-refractivity contribution in [3.8, 4) is 0 Å². The van der Waals surface area contributed by atoms with Crippen molar-refractivity contribution in [1.82, 2.24) is 0 Å². The zero-order valence-electron chi connectivity index (χ0n) is 39.2. The lowest BCUT2D eigenvalue weighted by Crippen LogP contribution is -2.50. The van der Waals surface area contributed by atoms with Crippen molar-refractivity contribution < 1.29 is 38.2 Å². The van der Waals surface area contributed by atoms with E-state index in [9.17, 15) is 19.5 Å². The van der Waals surface area contributed by atoms with Crippen molar-refractivity contribution in [2.24, 2.45) is 0 Å². The van der Waals surface area contributed by atoms with Crippen LogP contribution in [-0.2, 0) is 28.6 Å². The summed E-state index contributed by atoms with van der Waals surface area (Å²) in [5.41, 5.74) is 0. The van der Waals surface area contributed by atoms with Gasteiger partial charge in [-0.25, -0.2) is 4.79 Å². The molecule has 59 heavy (non-hydrogen) atoms. The number of ether oxygens (including phenoxy) is 3. The van der Waals surface area contributed by atoms with Crippen molar-refractivity contribution in [2.75, 3.05) is 41.0 Å². The molecule has 8 heteroatoms. The monoisotopic (exact) mass is 833 g/mol. The van der Waals surface area contributed by atoms with E-state index in [-0.39, 0.29) is 36.2 Å². The average Bonchev–Trinajstić information content (AvgIpc) is 3.19. The van der Waals surface area contributed by atoms with Crippen LogP contribution in [0.5, 0.6) is 0 Å². The Morgan fingerprint density at radius 2 is 0.949 bits per heavy atom. The Labute approximate surface area is 364 Å². The van der Waals surface area contributed by atoms with Crippen LogP contribution >= 0.6 is 0 Å².